The zero-order valence-electron chi connectivity index (χ0n) is 11.2. The Kier molecular flexibility index (Phi) is 3.69. The van der Waals surface area contributed by atoms with Crippen LogP contribution in [-0.2, 0) is 10.2 Å². The fourth-order valence-corrected chi connectivity index (χ4v) is 4.09. The fourth-order valence-electron chi connectivity index (χ4n) is 4.09. The van der Waals surface area contributed by atoms with E-state index in [0.717, 1.165) is 19.1 Å². The molecule has 0 radical (unpaired) electrons. The average molecular weight is 244 g/mol. The lowest BCUT2D eigenvalue weighted by Crippen LogP contribution is -2.41. The molecule has 1 saturated carbocycles. The van der Waals surface area contributed by atoms with E-state index in [2.05, 4.69) is 30.3 Å². The van der Waals surface area contributed by atoms with Crippen LogP contribution in [0.2, 0.25) is 0 Å². The van der Waals surface area contributed by atoms with Crippen LogP contribution in [-0.4, -0.2) is 13.2 Å². The van der Waals surface area contributed by atoms with Gasteiger partial charge < -0.3 is 4.74 Å². The Morgan fingerprint density at radius 2 is 1.56 bits per heavy atom. The van der Waals surface area contributed by atoms with Crippen molar-refractivity contribution in [2.75, 3.05) is 13.2 Å². The highest BCUT2D eigenvalue weighted by Gasteiger charge is 2.41. The Hall–Kier alpha value is -0.820. The first kappa shape index (κ1) is 12.2. The van der Waals surface area contributed by atoms with Gasteiger partial charge in [0.15, 0.2) is 0 Å². The molecule has 0 atom stereocenters. The predicted molar refractivity (Wildman–Crippen MR) is 74.7 cm³/mol. The van der Waals surface area contributed by atoms with Gasteiger partial charge in [-0.3, -0.25) is 0 Å². The normalized spacial score (nSPS) is 24.9. The Morgan fingerprint density at radius 1 is 0.889 bits per heavy atom. The van der Waals surface area contributed by atoms with Gasteiger partial charge in [-0.15, -0.1) is 0 Å². The molecule has 2 aliphatic rings. The van der Waals surface area contributed by atoms with Crippen LogP contribution in [0.4, 0.5) is 0 Å². The summed E-state index contributed by atoms with van der Waals surface area (Å²) in [6.45, 7) is 1.90. The number of ether oxygens (including phenoxy) is 1. The summed E-state index contributed by atoms with van der Waals surface area (Å²) in [6, 6.07) is 11.2. The molecule has 1 aliphatic heterocycles. The van der Waals surface area contributed by atoms with Gasteiger partial charge in [-0.1, -0.05) is 49.6 Å². The summed E-state index contributed by atoms with van der Waals surface area (Å²) >= 11 is 0. The molecule has 0 spiro atoms. The molecular formula is C17H24O. The number of hydrogen-bond acceptors (Lipinski definition) is 1. The maximum Gasteiger partial charge on any atom is 0.0474 e. The monoisotopic (exact) mass is 244 g/mol. The molecule has 1 heteroatoms. The average Bonchev–Trinajstić information content (AvgIpc) is 2.50. The van der Waals surface area contributed by atoms with Gasteiger partial charge >= 0.3 is 0 Å². The molecule has 0 unspecified atom stereocenters. The van der Waals surface area contributed by atoms with E-state index in [-0.39, 0.29) is 0 Å². The number of rotatable bonds is 2. The maximum absolute atomic E-state index is 5.64. The van der Waals surface area contributed by atoms with Crippen molar-refractivity contribution >= 4 is 0 Å². The molecule has 1 nitrogen and oxygen atoms in total. The van der Waals surface area contributed by atoms with E-state index in [9.17, 15) is 0 Å². The van der Waals surface area contributed by atoms with E-state index >= 15 is 0 Å². The molecule has 1 aromatic rings. The lowest BCUT2D eigenvalue weighted by atomic mass is 9.61. The molecular weight excluding hydrogens is 220 g/mol. The van der Waals surface area contributed by atoms with Crippen molar-refractivity contribution in [2.24, 2.45) is 5.92 Å². The van der Waals surface area contributed by atoms with E-state index in [0.29, 0.717) is 5.41 Å². The Bertz CT molecular complexity index is 358. The smallest absolute Gasteiger partial charge is 0.0474 e. The molecule has 0 amide bonds. The van der Waals surface area contributed by atoms with Crippen molar-refractivity contribution in [2.45, 2.75) is 50.4 Å². The van der Waals surface area contributed by atoms with Gasteiger partial charge in [-0.2, -0.15) is 0 Å². The SMILES string of the molecule is c1ccc(C2(C3CCCCC3)CCOCC2)cc1. The largest absolute Gasteiger partial charge is 0.381 e. The van der Waals surface area contributed by atoms with Crippen LogP contribution >= 0.6 is 0 Å². The summed E-state index contributed by atoms with van der Waals surface area (Å²) in [5, 5.41) is 0. The Morgan fingerprint density at radius 3 is 2.22 bits per heavy atom. The van der Waals surface area contributed by atoms with Gasteiger partial charge in [0.2, 0.25) is 0 Å². The Labute approximate surface area is 111 Å². The summed E-state index contributed by atoms with van der Waals surface area (Å²) in [7, 11) is 0. The standard InChI is InChI=1S/C17H24O/c1-3-7-15(8-4-1)17(11-13-18-14-12-17)16-9-5-2-6-10-16/h1,3-4,7-8,16H,2,5-6,9-14H2. The van der Waals surface area contributed by atoms with Crippen LogP contribution in [0.1, 0.15) is 50.5 Å². The third kappa shape index (κ3) is 2.21. The lowest BCUT2D eigenvalue weighted by molar-refractivity contribution is 0.0168. The second kappa shape index (κ2) is 5.44. The summed E-state index contributed by atoms with van der Waals surface area (Å²) in [5.41, 5.74) is 1.99. The van der Waals surface area contributed by atoms with E-state index in [4.69, 9.17) is 4.74 Å². The Balaban J connectivity index is 1.92. The fraction of sp³-hybridized carbons (Fsp3) is 0.647. The molecule has 0 bridgehead atoms. The summed E-state index contributed by atoms with van der Waals surface area (Å²) < 4.78 is 5.64. The van der Waals surface area contributed by atoms with Crippen LogP contribution in [0, 0.1) is 5.92 Å². The molecule has 1 heterocycles. The summed E-state index contributed by atoms with van der Waals surface area (Å²) in [5.74, 6) is 0.887. The molecule has 2 fully saturated rings. The van der Waals surface area contributed by atoms with Gasteiger partial charge in [0.25, 0.3) is 0 Å². The van der Waals surface area contributed by atoms with Gasteiger partial charge in [0.1, 0.15) is 0 Å². The molecule has 0 N–H and O–H groups in total. The van der Waals surface area contributed by atoms with E-state index in [1.165, 1.54) is 44.9 Å². The summed E-state index contributed by atoms with van der Waals surface area (Å²) in [4.78, 5) is 0. The van der Waals surface area contributed by atoms with Crippen LogP contribution in [0.25, 0.3) is 0 Å². The van der Waals surface area contributed by atoms with Crippen molar-refractivity contribution in [1.82, 2.24) is 0 Å². The highest BCUT2D eigenvalue weighted by molar-refractivity contribution is 5.27. The van der Waals surface area contributed by atoms with Crippen molar-refractivity contribution in [3.05, 3.63) is 35.9 Å². The molecule has 18 heavy (non-hydrogen) atoms. The van der Waals surface area contributed by atoms with Crippen LogP contribution in [0.15, 0.2) is 30.3 Å². The molecule has 98 valence electrons. The van der Waals surface area contributed by atoms with E-state index in [1.54, 1.807) is 5.56 Å². The second-order valence-corrected chi connectivity index (χ2v) is 5.97. The molecule has 1 aliphatic carbocycles. The van der Waals surface area contributed by atoms with Crippen LogP contribution < -0.4 is 0 Å². The lowest BCUT2D eigenvalue weighted by Gasteiger charge is -2.46. The van der Waals surface area contributed by atoms with Gasteiger partial charge in [0.05, 0.1) is 0 Å². The van der Waals surface area contributed by atoms with E-state index < -0.39 is 0 Å². The highest BCUT2D eigenvalue weighted by Crippen LogP contribution is 2.47. The predicted octanol–water partition coefficient (Wildman–Crippen LogP) is 4.32. The van der Waals surface area contributed by atoms with Gasteiger partial charge in [-0.25, -0.2) is 0 Å². The zero-order chi connectivity index (χ0) is 12.3. The van der Waals surface area contributed by atoms with Crippen molar-refractivity contribution in [3.63, 3.8) is 0 Å². The molecule has 3 rings (SSSR count). The van der Waals surface area contributed by atoms with Crippen LogP contribution in [0.5, 0.6) is 0 Å². The van der Waals surface area contributed by atoms with Crippen molar-refractivity contribution < 1.29 is 4.74 Å². The topological polar surface area (TPSA) is 9.23 Å². The minimum atomic E-state index is 0.417. The first-order valence-corrected chi connectivity index (χ1v) is 7.55. The van der Waals surface area contributed by atoms with Gasteiger partial charge in [0, 0.05) is 18.6 Å². The molecule has 1 saturated heterocycles. The van der Waals surface area contributed by atoms with Crippen LogP contribution in [0.3, 0.4) is 0 Å². The van der Waals surface area contributed by atoms with E-state index in [1.807, 2.05) is 0 Å². The molecule has 0 aromatic heterocycles. The summed E-state index contributed by atoms with van der Waals surface area (Å²) in [6.07, 6.45) is 9.60. The quantitative estimate of drug-likeness (QED) is 0.753. The van der Waals surface area contributed by atoms with Crippen molar-refractivity contribution in [3.8, 4) is 0 Å². The first-order chi connectivity index (χ1) is 8.92. The second-order valence-electron chi connectivity index (χ2n) is 5.97. The maximum atomic E-state index is 5.64. The minimum absolute atomic E-state index is 0.417. The third-order valence-corrected chi connectivity index (χ3v) is 5.12. The minimum Gasteiger partial charge on any atom is -0.381 e. The zero-order valence-corrected chi connectivity index (χ0v) is 11.2. The van der Waals surface area contributed by atoms with Crippen molar-refractivity contribution in [1.29, 1.82) is 0 Å². The third-order valence-electron chi connectivity index (χ3n) is 5.12. The number of benzene rings is 1. The highest BCUT2D eigenvalue weighted by atomic mass is 16.5. The first-order valence-electron chi connectivity index (χ1n) is 7.55. The van der Waals surface area contributed by atoms with Gasteiger partial charge in [-0.05, 0) is 37.2 Å². The number of hydrogen-bond donors (Lipinski definition) is 0. The molecule has 1 aromatic carbocycles.